The van der Waals surface area contributed by atoms with Crippen molar-refractivity contribution in [3.05, 3.63) is 35.5 Å². The number of ether oxygens (including phenoxy) is 1. The average molecular weight is 308 g/mol. The molecule has 3 atom stereocenters. The molecule has 3 unspecified atom stereocenters. The molecule has 4 nitrogen and oxygen atoms in total. The molecule has 20 heavy (non-hydrogen) atoms. The summed E-state index contributed by atoms with van der Waals surface area (Å²) in [5, 5.41) is 2.99. The van der Waals surface area contributed by atoms with Crippen molar-refractivity contribution < 1.29 is 8.95 Å². The van der Waals surface area contributed by atoms with Crippen molar-refractivity contribution in [1.29, 1.82) is 0 Å². The van der Waals surface area contributed by atoms with Gasteiger partial charge in [-0.1, -0.05) is 6.07 Å². The van der Waals surface area contributed by atoms with E-state index in [0.717, 1.165) is 22.8 Å². The molecule has 6 heteroatoms. The summed E-state index contributed by atoms with van der Waals surface area (Å²) >= 11 is 1.55. The van der Waals surface area contributed by atoms with Crippen molar-refractivity contribution in [3.63, 3.8) is 0 Å². The molecule has 0 saturated carbocycles. The lowest BCUT2D eigenvalue weighted by Crippen LogP contribution is -2.24. The fourth-order valence-corrected chi connectivity index (χ4v) is 4.71. The molecule has 3 rings (SSSR count). The van der Waals surface area contributed by atoms with Gasteiger partial charge in [-0.25, -0.2) is 4.98 Å². The van der Waals surface area contributed by atoms with E-state index in [0.29, 0.717) is 12.4 Å². The predicted molar refractivity (Wildman–Crippen MR) is 81.0 cm³/mol. The van der Waals surface area contributed by atoms with E-state index in [-0.39, 0.29) is 11.4 Å². The average Bonchev–Trinajstić information content (AvgIpc) is 3.09. The lowest BCUT2D eigenvalue weighted by molar-refractivity contribution is 0.127. The molecule has 0 N–H and O–H groups in total. The minimum absolute atomic E-state index is 0.0877. The fourth-order valence-electron chi connectivity index (χ4n) is 2.29. The Balaban J connectivity index is 1.70. The van der Waals surface area contributed by atoms with E-state index in [9.17, 15) is 4.21 Å². The molecule has 0 amide bonds. The van der Waals surface area contributed by atoms with Gasteiger partial charge >= 0.3 is 0 Å². The maximum atomic E-state index is 12.4. The smallest absolute Gasteiger partial charge is 0.142 e. The Kier molecular flexibility index (Phi) is 4.24. The first kappa shape index (κ1) is 13.9. The summed E-state index contributed by atoms with van der Waals surface area (Å²) < 4.78 is 17.8. The van der Waals surface area contributed by atoms with E-state index < -0.39 is 10.8 Å². The Morgan fingerprint density at radius 3 is 3.10 bits per heavy atom. The van der Waals surface area contributed by atoms with Crippen LogP contribution in [0.2, 0.25) is 0 Å². The van der Waals surface area contributed by atoms with Crippen molar-refractivity contribution in [2.75, 3.05) is 6.61 Å². The maximum Gasteiger partial charge on any atom is 0.142 e. The Morgan fingerprint density at radius 2 is 2.40 bits per heavy atom. The first-order chi connectivity index (χ1) is 9.74. The van der Waals surface area contributed by atoms with Gasteiger partial charge in [0.25, 0.3) is 0 Å². The van der Waals surface area contributed by atoms with Gasteiger partial charge in [-0.05, 0) is 25.5 Å². The zero-order valence-corrected chi connectivity index (χ0v) is 12.8. The molecular weight excluding hydrogens is 292 g/mol. The van der Waals surface area contributed by atoms with Gasteiger partial charge in [0.15, 0.2) is 0 Å². The maximum absolute atomic E-state index is 12.4. The topological polar surface area (TPSA) is 52.1 Å². The molecule has 1 aliphatic rings. The molecule has 0 aromatic carbocycles. The Labute approximate surface area is 124 Å². The molecule has 3 heterocycles. The van der Waals surface area contributed by atoms with Crippen LogP contribution in [0.1, 0.15) is 19.0 Å². The highest BCUT2D eigenvalue weighted by Crippen LogP contribution is 2.25. The van der Waals surface area contributed by atoms with Crippen LogP contribution in [0.4, 0.5) is 0 Å². The monoisotopic (exact) mass is 308 g/mol. The fraction of sp³-hybridized carbons (Fsp3) is 0.429. The summed E-state index contributed by atoms with van der Waals surface area (Å²) in [4.78, 5) is 8.82. The normalized spacial score (nSPS) is 23.9. The van der Waals surface area contributed by atoms with Crippen LogP contribution in [0.3, 0.4) is 0 Å². The number of rotatable bonds is 4. The molecule has 1 saturated heterocycles. The molecule has 2 aromatic heterocycles. The number of thiazole rings is 1. The predicted octanol–water partition coefficient (Wildman–Crippen LogP) is 2.63. The summed E-state index contributed by atoms with van der Waals surface area (Å²) in [6, 6.07) is 5.76. The summed E-state index contributed by atoms with van der Waals surface area (Å²) in [7, 11) is -0.921. The third-order valence-corrected chi connectivity index (χ3v) is 6.16. The van der Waals surface area contributed by atoms with E-state index in [4.69, 9.17) is 4.74 Å². The van der Waals surface area contributed by atoms with Crippen LogP contribution < -0.4 is 0 Å². The summed E-state index contributed by atoms with van der Waals surface area (Å²) in [6.45, 7) is 2.71. The largest absolute Gasteiger partial charge is 0.377 e. The molecule has 0 radical (unpaired) electrons. The zero-order chi connectivity index (χ0) is 13.9. The molecule has 1 fully saturated rings. The molecule has 0 bridgehead atoms. The van der Waals surface area contributed by atoms with Gasteiger partial charge in [0.2, 0.25) is 0 Å². The summed E-state index contributed by atoms with van der Waals surface area (Å²) in [5.41, 5.74) is 1.75. The number of hydrogen-bond acceptors (Lipinski definition) is 5. The van der Waals surface area contributed by atoms with Crippen LogP contribution in [-0.4, -0.2) is 32.1 Å². The Morgan fingerprint density at radius 1 is 1.50 bits per heavy atom. The van der Waals surface area contributed by atoms with Crippen molar-refractivity contribution >= 4 is 22.1 Å². The number of hydrogen-bond donors (Lipinski definition) is 0. The van der Waals surface area contributed by atoms with Crippen molar-refractivity contribution in [3.8, 4) is 10.7 Å². The lowest BCUT2D eigenvalue weighted by Gasteiger charge is -2.12. The highest BCUT2D eigenvalue weighted by molar-refractivity contribution is 7.84. The van der Waals surface area contributed by atoms with Gasteiger partial charge < -0.3 is 4.74 Å². The highest BCUT2D eigenvalue weighted by Gasteiger charge is 2.29. The van der Waals surface area contributed by atoms with E-state index in [1.54, 1.807) is 17.5 Å². The van der Waals surface area contributed by atoms with E-state index in [1.165, 1.54) is 0 Å². The first-order valence-electron chi connectivity index (χ1n) is 6.58. The Hall–Kier alpha value is -1.11. The quantitative estimate of drug-likeness (QED) is 0.871. The van der Waals surface area contributed by atoms with Crippen LogP contribution in [0.25, 0.3) is 10.7 Å². The SMILES string of the molecule is CC1OCCC1S(=O)Cc1csc(-c2ccccn2)n1. The molecule has 0 aliphatic carbocycles. The number of pyridine rings is 1. The third kappa shape index (κ3) is 2.97. The zero-order valence-electron chi connectivity index (χ0n) is 11.2. The number of aromatic nitrogens is 2. The highest BCUT2D eigenvalue weighted by atomic mass is 32.2. The van der Waals surface area contributed by atoms with E-state index in [1.807, 2.05) is 30.5 Å². The van der Waals surface area contributed by atoms with E-state index >= 15 is 0 Å². The van der Waals surface area contributed by atoms with Crippen LogP contribution in [0.15, 0.2) is 29.8 Å². The second kappa shape index (κ2) is 6.11. The number of nitrogens with zero attached hydrogens (tertiary/aromatic N) is 2. The Bertz CT molecular complexity index is 600. The molecule has 2 aromatic rings. The van der Waals surface area contributed by atoms with Crippen LogP contribution in [-0.2, 0) is 21.3 Å². The van der Waals surface area contributed by atoms with Crippen LogP contribution in [0, 0.1) is 0 Å². The first-order valence-corrected chi connectivity index (χ1v) is 8.85. The molecule has 1 aliphatic heterocycles. The third-order valence-electron chi connectivity index (χ3n) is 3.37. The van der Waals surface area contributed by atoms with E-state index in [2.05, 4.69) is 9.97 Å². The van der Waals surface area contributed by atoms with Gasteiger partial charge in [0.05, 0.1) is 28.5 Å². The second-order valence-electron chi connectivity index (χ2n) is 4.79. The lowest BCUT2D eigenvalue weighted by atomic mass is 10.3. The molecule has 0 spiro atoms. The van der Waals surface area contributed by atoms with Gasteiger partial charge in [0, 0.05) is 29.0 Å². The molecule has 106 valence electrons. The minimum Gasteiger partial charge on any atom is -0.377 e. The van der Waals surface area contributed by atoms with Crippen LogP contribution in [0.5, 0.6) is 0 Å². The van der Waals surface area contributed by atoms with Gasteiger partial charge in [0.1, 0.15) is 5.01 Å². The summed E-state index contributed by atoms with van der Waals surface area (Å²) in [5.74, 6) is 0.502. The second-order valence-corrected chi connectivity index (χ2v) is 7.30. The standard InChI is InChI=1S/C14H16N2O2S2/c1-10-13(5-7-18-10)20(17)9-11-8-19-14(16-11)12-4-2-3-6-15-12/h2-4,6,8,10,13H,5,7,9H2,1H3. The van der Waals surface area contributed by atoms with Crippen molar-refractivity contribution in [1.82, 2.24) is 9.97 Å². The van der Waals surface area contributed by atoms with Crippen molar-refractivity contribution in [2.45, 2.75) is 30.5 Å². The molecular formula is C14H16N2O2S2. The minimum atomic E-state index is -0.921. The van der Waals surface area contributed by atoms with Crippen molar-refractivity contribution in [2.24, 2.45) is 0 Å². The summed E-state index contributed by atoms with van der Waals surface area (Å²) in [6.07, 6.45) is 2.72. The van der Waals surface area contributed by atoms with Gasteiger partial charge in [-0.3, -0.25) is 9.19 Å². The van der Waals surface area contributed by atoms with Crippen LogP contribution >= 0.6 is 11.3 Å². The van der Waals surface area contributed by atoms with Gasteiger partial charge in [-0.2, -0.15) is 0 Å². The van der Waals surface area contributed by atoms with Gasteiger partial charge in [-0.15, -0.1) is 11.3 Å².